The third-order valence-corrected chi connectivity index (χ3v) is 2.61. The van der Waals surface area contributed by atoms with Crippen LogP contribution in [0.5, 0.6) is 5.75 Å². The summed E-state index contributed by atoms with van der Waals surface area (Å²) >= 11 is 0. The highest BCUT2D eigenvalue weighted by atomic mass is 16.5. The molecule has 0 amide bonds. The van der Waals surface area contributed by atoms with Crippen molar-refractivity contribution < 1.29 is 4.74 Å². The zero-order valence-electron chi connectivity index (χ0n) is 8.99. The first-order valence-corrected chi connectivity index (χ1v) is 5.38. The molecule has 0 aromatic carbocycles. The molecule has 2 rings (SSSR count). The van der Waals surface area contributed by atoms with E-state index in [1.807, 2.05) is 19.2 Å². The number of rotatable bonds is 4. The quantitative estimate of drug-likeness (QED) is 0.780. The van der Waals surface area contributed by atoms with Crippen molar-refractivity contribution >= 4 is 5.82 Å². The van der Waals surface area contributed by atoms with Gasteiger partial charge < -0.3 is 15.4 Å². The summed E-state index contributed by atoms with van der Waals surface area (Å²) in [6.07, 6.45) is 4.22. The lowest BCUT2D eigenvalue weighted by atomic mass is 10.2. The first kappa shape index (κ1) is 10.2. The van der Waals surface area contributed by atoms with Crippen LogP contribution in [0.15, 0.2) is 18.3 Å². The van der Waals surface area contributed by atoms with Gasteiger partial charge in [-0.05, 0) is 31.5 Å². The smallest absolute Gasteiger partial charge is 0.137 e. The standard InChI is InChI=1S/C11H17N3O/c1-12-11-5-4-10(7-14-11)15-8-9-3-2-6-13-9/h4-5,7,9,13H,2-3,6,8H2,1H3,(H,12,14)/t9-/m1/s1. The molecule has 2 N–H and O–H groups in total. The zero-order chi connectivity index (χ0) is 10.5. The summed E-state index contributed by atoms with van der Waals surface area (Å²) in [4.78, 5) is 4.19. The average molecular weight is 207 g/mol. The summed E-state index contributed by atoms with van der Waals surface area (Å²) in [5.41, 5.74) is 0. The largest absolute Gasteiger partial charge is 0.490 e. The van der Waals surface area contributed by atoms with Crippen LogP contribution < -0.4 is 15.4 Å². The second-order valence-electron chi connectivity index (χ2n) is 3.73. The fourth-order valence-electron chi connectivity index (χ4n) is 1.71. The van der Waals surface area contributed by atoms with Crippen LogP contribution >= 0.6 is 0 Å². The molecule has 4 nitrogen and oxygen atoms in total. The molecule has 0 unspecified atom stereocenters. The molecular formula is C11H17N3O. The van der Waals surface area contributed by atoms with Crippen molar-refractivity contribution in [3.63, 3.8) is 0 Å². The monoisotopic (exact) mass is 207 g/mol. The van der Waals surface area contributed by atoms with Gasteiger partial charge in [-0.1, -0.05) is 0 Å². The summed E-state index contributed by atoms with van der Waals surface area (Å²) in [6.45, 7) is 1.85. The minimum atomic E-state index is 0.508. The minimum absolute atomic E-state index is 0.508. The Hall–Kier alpha value is -1.29. The van der Waals surface area contributed by atoms with E-state index in [0.717, 1.165) is 24.7 Å². The van der Waals surface area contributed by atoms with E-state index in [1.165, 1.54) is 12.8 Å². The number of ether oxygens (including phenoxy) is 1. The van der Waals surface area contributed by atoms with Gasteiger partial charge in [-0.25, -0.2) is 4.98 Å². The predicted molar refractivity (Wildman–Crippen MR) is 60.3 cm³/mol. The number of hydrogen-bond donors (Lipinski definition) is 2. The second-order valence-corrected chi connectivity index (χ2v) is 3.73. The summed E-state index contributed by atoms with van der Waals surface area (Å²) in [5, 5.41) is 6.36. The van der Waals surface area contributed by atoms with E-state index < -0.39 is 0 Å². The molecule has 1 aliphatic rings. The summed E-state index contributed by atoms with van der Waals surface area (Å²) < 4.78 is 5.64. The number of aromatic nitrogens is 1. The SMILES string of the molecule is CNc1ccc(OC[C@H]2CCCN2)cn1. The average Bonchev–Trinajstić information content (AvgIpc) is 2.80. The van der Waals surface area contributed by atoms with Crippen LogP contribution in [0.3, 0.4) is 0 Å². The Bertz CT molecular complexity index is 293. The van der Waals surface area contributed by atoms with Gasteiger partial charge in [-0.15, -0.1) is 0 Å². The first-order valence-electron chi connectivity index (χ1n) is 5.38. The molecular weight excluding hydrogens is 190 g/mol. The second kappa shape index (κ2) is 4.98. The number of hydrogen-bond acceptors (Lipinski definition) is 4. The van der Waals surface area contributed by atoms with Gasteiger partial charge in [0.2, 0.25) is 0 Å². The summed E-state index contributed by atoms with van der Waals surface area (Å²) in [7, 11) is 1.85. The van der Waals surface area contributed by atoms with Crippen molar-refractivity contribution in [2.75, 3.05) is 25.5 Å². The highest BCUT2D eigenvalue weighted by Gasteiger charge is 2.14. The molecule has 0 aliphatic carbocycles. The van der Waals surface area contributed by atoms with Gasteiger partial charge in [0.1, 0.15) is 18.2 Å². The lowest BCUT2D eigenvalue weighted by Crippen LogP contribution is -2.28. The third kappa shape index (κ3) is 2.83. The number of nitrogens with zero attached hydrogens (tertiary/aromatic N) is 1. The van der Waals surface area contributed by atoms with Gasteiger partial charge in [0.25, 0.3) is 0 Å². The maximum atomic E-state index is 5.64. The molecule has 0 saturated carbocycles. The fraction of sp³-hybridized carbons (Fsp3) is 0.545. The van der Waals surface area contributed by atoms with Crippen LogP contribution in [0.1, 0.15) is 12.8 Å². The van der Waals surface area contributed by atoms with Crippen LogP contribution in [-0.2, 0) is 0 Å². The van der Waals surface area contributed by atoms with Crippen molar-refractivity contribution in [2.45, 2.75) is 18.9 Å². The van der Waals surface area contributed by atoms with E-state index in [9.17, 15) is 0 Å². The molecule has 1 aromatic heterocycles. The first-order chi connectivity index (χ1) is 7.38. The van der Waals surface area contributed by atoms with Gasteiger partial charge in [-0.3, -0.25) is 0 Å². The lowest BCUT2D eigenvalue weighted by Gasteiger charge is -2.11. The van der Waals surface area contributed by atoms with E-state index in [-0.39, 0.29) is 0 Å². The van der Waals surface area contributed by atoms with Crippen molar-refractivity contribution in [2.24, 2.45) is 0 Å². The zero-order valence-corrected chi connectivity index (χ0v) is 8.99. The Balaban J connectivity index is 1.82. The van der Waals surface area contributed by atoms with Crippen molar-refractivity contribution in [3.8, 4) is 5.75 Å². The number of pyridine rings is 1. The summed E-state index contributed by atoms with van der Waals surface area (Å²) in [6, 6.07) is 4.36. The van der Waals surface area contributed by atoms with E-state index in [0.29, 0.717) is 6.04 Å². The molecule has 1 saturated heterocycles. The van der Waals surface area contributed by atoms with Crippen LogP contribution in [0.4, 0.5) is 5.82 Å². The van der Waals surface area contributed by atoms with Crippen LogP contribution in [0.2, 0.25) is 0 Å². The molecule has 1 aromatic rings. The third-order valence-electron chi connectivity index (χ3n) is 2.61. The molecule has 1 atom stereocenters. The number of anilines is 1. The van der Waals surface area contributed by atoms with Crippen LogP contribution in [0.25, 0.3) is 0 Å². The summed E-state index contributed by atoms with van der Waals surface area (Å²) in [5.74, 6) is 1.70. The molecule has 82 valence electrons. The van der Waals surface area contributed by atoms with Crippen molar-refractivity contribution in [3.05, 3.63) is 18.3 Å². The van der Waals surface area contributed by atoms with Crippen LogP contribution in [-0.4, -0.2) is 31.2 Å². The van der Waals surface area contributed by atoms with Gasteiger partial charge in [-0.2, -0.15) is 0 Å². The van der Waals surface area contributed by atoms with Gasteiger partial charge in [0.05, 0.1) is 6.20 Å². The van der Waals surface area contributed by atoms with E-state index in [4.69, 9.17) is 4.74 Å². The predicted octanol–water partition coefficient (Wildman–Crippen LogP) is 1.25. The van der Waals surface area contributed by atoms with Crippen LogP contribution in [0, 0.1) is 0 Å². The van der Waals surface area contributed by atoms with Crippen molar-refractivity contribution in [1.82, 2.24) is 10.3 Å². The molecule has 4 heteroatoms. The Labute approximate surface area is 90.0 Å². The Morgan fingerprint density at radius 2 is 2.53 bits per heavy atom. The molecule has 0 radical (unpaired) electrons. The molecule has 1 fully saturated rings. The van der Waals surface area contributed by atoms with E-state index in [2.05, 4.69) is 15.6 Å². The lowest BCUT2D eigenvalue weighted by molar-refractivity contribution is 0.276. The van der Waals surface area contributed by atoms with E-state index >= 15 is 0 Å². The Morgan fingerprint density at radius 3 is 3.13 bits per heavy atom. The van der Waals surface area contributed by atoms with E-state index in [1.54, 1.807) is 6.20 Å². The molecule has 0 bridgehead atoms. The van der Waals surface area contributed by atoms with Crippen molar-refractivity contribution in [1.29, 1.82) is 0 Å². The Kier molecular flexibility index (Phi) is 3.40. The van der Waals surface area contributed by atoms with Gasteiger partial charge in [0, 0.05) is 13.1 Å². The maximum absolute atomic E-state index is 5.64. The molecule has 15 heavy (non-hydrogen) atoms. The molecule has 2 heterocycles. The topological polar surface area (TPSA) is 46.2 Å². The molecule has 0 spiro atoms. The maximum Gasteiger partial charge on any atom is 0.137 e. The fourth-order valence-corrected chi connectivity index (χ4v) is 1.71. The number of nitrogens with one attached hydrogen (secondary N) is 2. The highest BCUT2D eigenvalue weighted by molar-refractivity contribution is 5.36. The van der Waals surface area contributed by atoms with Gasteiger partial charge in [0.15, 0.2) is 0 Å². The Morgan fingerprint density at radius 1 is 1.60 bits per heavy atom. The normalized spacial score (nSPS) is 20.2. The van der Waals surface area contributed by atoms with Gasteiger partial charge >= 0.3 is 0 Å². The highest BCUT2D eigenvalue weighted by Crippen LogP contribution is 2.13. The molecule has 1 aliphatic heterocycles. The minimum Gasteiger partial charge on any atom is -0.490 e.